The molecular weight excluding hydrogens is 443 g/mol. The maximum Gasteiger partial charge on any atom is 0.193 e. The Hall–Kier alpha value is -2.17. The maximum atomic E-state index is 4.35. The number of guanidine groups is 1. The molecule has 3 aromatic rings. The van der Waals surface area contributed by atoms with Gasteiger partial charge in [-0.1, -0.05) is 6.07 Å². The first kappa shape index (κ1) is 20.1. The summed E-state index contributed by atoms with van der Waals surface area (Å²) in [5, 5.41) is 16.0. The molecule has 0 saturated carbocycles. The van der Waals surface area contributed by atoms with Crippen molar-refractivity contribution in [2.24, 2.45) is 12.0 Å². The molecule has 0 aliphatic heterocycles. The van der Waals surface area contributed by atoms with E-state index in [1.54, 1.807) is 7.05 Å². The topological polar surface area (TPSA) is 75.6 Å². The second-order valence-electron chi connectivity index (χ2n) is 6.00. The van der Waals surface area contributed by atoms with E-state index in [0.717, 1.165) is 48.9 Å². The predicted octanol–water partition coefficient (Wildman–Crippen LogP) is 1.72. The summed E-state index contributed by atoms with van der Waals surface area (Å²) in [7, 11) is 5.74. The minimum absolute atomic E-state index is 0. The predicted molar refractivity (Wildman–Crippen MR) is 113 cm³/mol. The highest BCUT2D eigenvalue weighted by Crippen LogP contribution is 2.05. The summed E-state index contributed by atoms with van der Waals surface area (Å²) in [6.07, 6.45) is 7.70. The van der Waals surface area contributed by atoms with E-state index >= 15 is 0 Å². The Labute approximate surface area is 170 Å². The minimum atomic E-state index is 0. The van der Waals surface area contributed by atoms with Crippen molar-refractivity contribution in [3.8, 4) is 0 Å². The van der Waals surface area contributed by atoms with E-state index in [0.29, 0.717) is 0 Å². The van der Waals surface area contributed by atoms with Crippen molar-refractivity contribution in [2.45, 2.75) is 19.4 Å². The molecule has 1 N–H and O–H groups in total. The molecule has 8 nitrogen and oxygen atoms in total. The summed E-state index contributed by atoms with van der Waals surface area (Å²) in [5.41, 5.74) is 2.04. The van der Waals surface area contributed by atoms with Crippen LogP contribution in [0.2, 0.25) is 0 Å². The number of nitrogens with one attached hydrogen (secondary N) is 1. The van der Waals surface area contributed by atoms with Gasteiger partial charge in [0.1, 0.15) is 5.82 Å². The standard InChI is InChI=1S/C17H24N8.HI/c1-18-17(23(2)12-14-11-20-24(3)13-14)19-9-6-8-16-22-21-15-7-4-5-10-25(15)16;/h4-5,7,10-11,13H,6,8-9,12H2,1-3H3,(H,18,19);1H. The van der Waals surface area contributed by atoms with Gasteiger partial charge in [0.2, 0.25) is 0 Å². The lowest BCUT2D eigenvalue weighted by molar-refractivity contribution is 0.475. The van der Waals surface area contributed by atoms with Gasteiger partial charge in [-0.15, -0.1) is 34.2 Å². The highest BCUT2D eigenvalue weighted by molar-refractivity contribution is 14.0. The van der Waals surface area contributed by atoms with Crippen molar-refractivity contribution >= 4 is 35.6 Å². The SMILES string of the molecule is CN=C(NCCCc1nnc2ccccn12)N(C)Cc1cnn(C)c1.I. The Balaban J connectivity index is 0.00000243. The number of pyridine rings is 1. The van der Waals surface area contributed by atoms with E-state index in [-0.39, 0.29) is 24.0 Å². The van der Waals surface area contributed by atoms with Crippen LogP contribution in [0.15, 0.2) is 41.8 Å². The van der Waals surface area contributed by atoms with E-state index in [9.17, 15) is 0 Å². The Bertz CT molecular complexity index is 853. The largest absolute Gasteiger partial charge is 0.356 e. The van der Waals surface area contributed by atoms with Crippen molar-refractivity contribution in [2.75, 3.05) is 20.6 Å². The van der Waals surface area contributed by atoms with Crippen LogP contribution in [0.4, 0.5) is 0 Å². The third-order valence-corrected chi connectivity index (χ3v) is 4.00. The van der Waals surface area contributed by atoms with Gasteiger partial charge in [0, 0.05) is 58.6 Å². The molecule has 0 aromatic carbocycles. The Morgan fingerprint density at radius 1 is 1.31 bits per heavy atom. The number of fused-ring (bicyclic) bond motifs is 1. The smallest absolute Gasteiger partial charge is 0.193 e. The van der Waals surface area contributed by atoms with Gasteiger partial charge in [-0.2, -0.15) is 5.10 Å². The fourth-order valence-corrected chi connectivity index (χ4v) is 2.80. The number of nitrogens with zero attached hydrogens (tertiary/aromatic N) is 7. The lowest BCUT2D eigenvalue weighted by Crippen LogP contribution is -2.38. The summed E-state index contributed by atoms with van der Waals surface area (Å²) in [5.74, 6) is 1.85. The number of aryl methyl sites for hydroxylation is 2. The third kappa shape index (κ3) is 4.93. The monoisotopic (exact) mass is 468 g/mol. The molecule has 0 saturated heterocycles. The highest BCUT2D eigenvalue weighted by atomic mass is 127. The number of hydrogen-bond donors (Lipinski definition) is 1. The Morgan fingerprint density at radius 3 is 2.88 bits per heavy atom. The molecule has 0 spiro atoms. The summed E-state index contributed by atoms with van der Waals surface area (Å²) in [6, 6.07) is 5.93. The normalized spacial score (nSPS) is 11.4. The van der Waals surface area contributed by atoms with Crippen molar-refractivity contribution in [3.63, 3.8) is 0 Å². The second-order valence-corrected chi connectivity index (χ2v) is 6.00. The first-order valence-corrected chi connectivity index (χ1v) is 8.35. The highest BCUT2D eigenvalue weighted by Gasteiger charge is 2.08. The number of aliphatic imine (C=N–C) groups is 1. The van der Waals surface area contributed by atoms with E-state index in [1.165, 1.54) is 0 Å². The summed E-state index contributed by atoms with van der Waals surface area (Å²) in [4.78, 5) is 6.43. The van der Waals surface area contributed by atoms with Crippen LogP contribution in [0.25, 0.3) is 5.65 Å². The van der Waals surface area contributed by atoms with E-state index in [4.69, 9.17) is 0 Å². The molecule has 3 heterocycles. The quantitative estimate of drug-likeness (QED) is 0.258. The van der Waals surface area contributed by atoms with Crippen molar-refractivity contribution < 1.29 is 0 Å². The molecule has 0 radical (unpaired) electrons. The molecule has 0 unspecified atom stereocenters. The van der Waals surface area contributed by atoms with Crippen LogP contribution < -0.4 is 5.32 Å². The van der Waals surface area contributed by atoms with Crippen molar-refractivity contribution in [1.82, 2.24) is 34.6 Å². The third-order valence-electron chi connectivity index (χ3n) is 4.00. The minimum Gasteiger partial charge on any atom is -0.356 e. The van der Waals surface area contributed by atoms with Crippen LogP contribution in [0, 0.1) is 0 Å². The van der Waals surface area contributed by atoms with E-state index in [1.807, 2.05) is 60.0 Å². The van der Waals surface area contributed by atoms with Crippen molar-refractivity contribution in [3.05, 3.63) is 48.2 Å². The molecule has 9 heteroatoms. The number of halogens is 1. The molecule has 3 aromatic heterocycles. The summed E-state index contributed by atoms with van der Waals surface area (Å²) < 4.78 is 3.84. The average molecular weight is 468 g/mol. The van der Waals surface area contributed by atoms with Gasteiger partial charge in [0.05, 0.1) is 6.20 Å². The van der Waals surface area contributed by atoms with Crippen LogP contribution in [0.5, 0.6) is 0 Å². The Morgan fingerprint density at radius 2 is 2.15 bits per heavy atom. The van der Waals surface area contributed by atoms with Crippen LogP contribution >= 0.6 is 24.0 Å². The van der Waals surface area contributed by atoms with Crippen LogP contribution in [-0.2, 0) is 20.0 Å². The molecule has 0 atom stereocenters. The van der Waals surface area contributed by atoms with E-state index < -0.39 is 0 Å². The molecular formula is C17H25IN8. The summed E-state index contributed by atoms with van der Waals surface area (Å²) in [6.45, 7) is 1.59. The van der Waals surface area contributed by atoms with E-state index in [2.05, 4.69) is 30.5 Å². The zero-order chi connectivity index (χ0) is 17.6. The molecule has 0 aliphatic rings. The van der Waals surface area contributed by atoms with Gasteiger partial charge in [-0.3, -0.25) is 14.1 Å². The lowest BCUT2D eigenvalue weighted by Gasteiger charge is -2.21. The summed E-state index contributed by atoms with van der Waals surface area (Å²) >= 11 is 0. The average Bonchev–Trinajstić information content (AvgIpc) is 3.21. The van der Waals surface area contributed by atoms with Crippen LogP contribution in [-0.4, -0.2) is 55.9 Å². The van der Waals surface area contributed by atoms with Gasteiger partial charge in [0.25, 0.3) is 0 Å². The second kappa shape index (κ2) is 9.51. The first-order chi connectivity index (χ1) is 12.2. The number of aromatic nitrogens is 5. The zero-order valence-electron chi connectivity index (χ0n) is 15.3. The van der Waals surface area contributed by atoms with Gasteiger partial charge in [-0.25, -0.2) is 0 Å². The molecule has 3 rings (SSSR count). The lowest BCUT2D eigenvalue weighted by atomic mass is 10.3. The zero-order valence-corrected chi connectivity index (χ0v) is 17.7. The van der Waals surface area contributed by atoms with Gasteiger partial charge < -0.3 is 10.2 Å². The first-order valence-electron chi connectivity index (χ1n) is 8.35. The fourth-order valence-electron chi connectivity index (χ4n) is 2.80. The number of rotatable bonds is 6. The van der Waals surface area contributed by atoms with Gasteiger partial charge in [0.15, 0.2) is 11.6 Å². The molecule has 0 aliphatic carbocycles. The molecule has 140 valence electrons. The van der Waals surface area contributed by atoms with Gasteiger partial charge >= 0.3 is 0 Å². The number of hydrogen-bond acceptors (Lipinski definition) is 4. The molecule has 26 heavy (non-hydrogen) atoms. The molecule has 0 bridgehead atoms. The Kier molecular flexibility index (Phi) is 7.37. The fraction of sp³-hybridized carbons (Fsp3) is 0.412. The molecule has 0 fully saturated rings. The molecule has 0 amide bonds. The van der Waals surface area contributed by atoms with Gasteiger partial charge in [-0.05, 0) is 18.6 Å². The maximum absolute atomic E-state index is 4.35. The van der Waals surface area contributed by atoms with Crippen LogP contribution in [0.3, 0.4) is 0 Å². The van der Waals surface area contributed by atoms with Crippen LogP contribution in [0.1, 0.15) is 17.8 Å². The van der Waals surface area contributed by atoms with Crippen molar-refractivity contribution in [1.29, 1.82) is 0 Å².